The molecule has 5 heteroatoms. The summed E-state index contributed by atoms with van der Waals surface area (Å²) in [4.78, 5) is 14.9. The summed E-state index contributed by atoms with van der Waals surface area (Å²) in [6, 6.07) is 0. The Balaban J connectivity index is 2.28. The molecule has 0 fully saturated rings. The highest BCUT2D eigenvalue weighted by atomic mass is 32.1. The fraction of sp³-hybridized carbons (Fsp3) is 0.600. The standard InChI is InChI=1S/C10H17N3OS/c1-7(2)10-13-8(6-15-10)5-12-4-3-9(11)14/h6-7,12H,3-5H2,1-2H3,(H2,11,14). The molecule has 1 heterocycles. The van der Waals surface area contributed by atoms with Crippen LogP contribution in [0.25, 0.3) is 0 Å². The predicted octanol–water partition coefficient (Wildman–Crippen LogP) is 1.23. The van der Waals surface area contributed by atoms with E-state index in [9.17, 15) is 4.79 Å². The lowest BCUT2D eigenvalue weighted by atomic mass is 10.2. The minimum atomic E-state index is -0.274. The Morgan fingerprint density at radius 3 is 2.93 bits per heavy atom. The lowest BCUT2D eigenvalue weighted by molar-refractivity contribution is -0.117. The monoisotopic (exact) mass is 227 g/mol. The number of thiazole rings is 1. The fourth-order valence-electron chi connectivity index (χ4n) is 1.10. The highest BCUT2D eigenvalue weighted by Gasteiger charge is 2.05. The van der Waals surface area contributed by atoms with Crippen LogP contribution in [0.3, 0.4) is 0 Å². The maximum Gasteiger partial charge on any atom is 0.218 e. The molecule has 84 valence electrons. The van der Waals surface area contributed by atoms with Gasteiger partial charge in [-0.05, 0) is 0 Å². The number of nitrogens with two attached hydrogens (primary N) is 1. The van der Waals surface area contributed by atoms with Crippen molar-refractivity contribution >= 4 is 17.2 Å². The number of rotatable bonds is 6. The third-order valence-corrected chi connectivity index (χ3v) is 3.11. The summed E-state index contributed by atoms with van der Waals surface area (Å²) in [5.41, 5.74) is 6.06. The van der Waals surface area contributed by atoms with Gasteiger partial charge < -0.3 is 11.1 Å². The number of carbonyl (C=O) groups is 1. The molecule has 15 heavy (non-hydrogen) atoms. The molecule has 0 aliphatic heterocycles. The molecule has 0 saturated carbocycles. The Hall–Kier alpha value is -0.940. The van der Waals surface area contributed by atoms with Gasteiger partial charge in [0.1, 0.15) is 0 Å². The van der Waals surface area contributed by atoms with Crippen molar-refractivity contribution < 1.29 is 4.79 Å². The first-order chi connectivity index (χ1) is 7.09. The van der Waals surface area contributed by atoms with Crippen LogP contribution in [0.4, 0.5) is 0 Å². The van der Waals surface area contributed by atoms with E-state index in [4.69, 9.17) is 5.73 Å². The molecule has 1 aromatic rings. The zero-order chi connectivity index (χ0) is 11.3. The van der Waals surface area contributed by atoms with Crippen LogP contribution in [0.5, 0.6) is 0 Å². The Morgan fingerprint density at radius 1 is 1.67 bits per heavy atom. The largest absolute Gasteiger partial charge is 0.370 e. The average molecular weight is 227 g/mol. The molecule has 0 bridgehead atoms. The second kappa shape index (κ2) is 5.82. The van der Waals surface area contributed by atoms with Crippen LogP contribution in [-0.4, -0.2) is 17.4 Å². The number of nitrogens with one attached hydrogen (secondary N) is 1. The van der Waals surface area contributed by atoms with Crippen LogP contribution in [0.1, 0.15) is 36.9 Å². The van der Waals surface area contributed by atoms with Crippen LogP contribution in [0.15, 0.2) is 5.38 Å². The highest BCUT2D eigenvalue weighted by Crippen LogP contribution is 2.18. The SMILES string of the molecule is CC(C)c1nc(CNCCC(N)=O)cs1. The second-order valence-electron chi connectivity index (χ2n) is 3.72. The molecular weight excluding hydrogens is 210 g/mol. The Morgan fingerprint density at radius 2 is 2.40 bits per heavy atom. The topological polar surface area (TPSA) is 68.0 Å². The molecule has 0 aliphatic rings. The van der Waals surface area contributed by atoms with E-state index in [1.807, 2.05) is 5.38 Å². The number of primary amides is 1. The van der Waals surface area contributed by atoms with E-state index in [1.54, 1.807) is 11.3 Å². The van der Waals surface area contributed by atoms with Crippen molar-refractivity contribution in [3.05, 3.63) is 16.1 Å². The van der Waals surface area contributed by atoms with Crippen LogP contribution in [0.2, 0.25) is 0 Å². The van der Waals surface area contributed by atoms with Crippen molar-refractivity contribution in [2.75, 3.05) is 6.54 Å². The third-order valence-electron chi connectivity index (χ3n) is 1.92. The van der Waals surface area contributed by atoms with Crippen LogP contribution in [-0.2, 0) is 11.3 Å². The van der Waals surface area contributed by atoms with Crippen molar-refractivity contribution in [3.8, 4) is 0 Å². The lowest BCUT2D eigenvalue weighted by Crippen LogP contribution is -2.21. The lowest BCUT2D eigenvalue weighted by Gasteiger charge is -2.00. The van der Waals surface area contributed by atoms with Crippen LogP contribution >= 0.6 is 11.3 Å². The van der Waals surface area contributed by atoms with Crippen molar-refractivity contribution in [3.63, 3.8) is 0 Å². The van der Waals surface area contributed by atoms with E-state index in [1.165, 1.54) is 0 Å². The van der Waals surface area contributed by atoms with E-state index in [2.05, 4.69) is 24.1 Å². The number of hydrogen-bond donors (Lipinski definition) is 2. The van der Waals surface area contributed by atoms with Gasteiger partial charge in [-0.3, -0.25) is 4.79 Å². The average Bonchev–Trinajstić information content (AvgIpc) is 2.60. The zero-order valence-corrected chi connectivity index (χ0v) is 9.93. The van der Waals surface area contributed by atoms with Crippen molar-refractivity contribution in [2.45, 2.75) is 32.7 Å². The number of carbonyl (C=O) groups excluding carboxylic acids is 1. The van der Waals surface area contributed by atoms with Gasteiger partial charge in [-0.25, -0.2) is 4.98 Å². The van der Waals surface area contributed by atoms with Gasteiger partial charge in [-0.2, -0.15) is 0 Å². The quantitative estimate of drug-likeness (QED) is 0.718. The van der Waals surface area contributed by atoms with Crippen LogP contribution < -0.4 is 11.1 Å². The first-order valence-corrected chi connectivity index (χ1v) is 5.91. The smallest absolute Gasteiger partial charge is 0.218 e. The Bertz CT molecular complexity index is 322. The van der Waals surface area contributed by atoms with Crippen molar-refractivity contribution in [1.82, 2.24) is 10.3 Å². The maximum absolute atomic E-state index is 10.5. The summed E-state index contributed by atoms with van der Waals surface area (Å²) in [6.07, 6.45) is 0.376. The van der Waals surface area contributed by atoms with Gasteiger partial charge in [0.25, 0.3) is 0 Å². The maximum atomic E-state index is 10.5. The summed E-state index contributed by atoms with van der Waals surface area (Å²) in [5, 5.41) is 6.33. The first kappa shape index (κ1) is 12.1. The second-order valence-corrected chi connectivity index (χ2v) is 4.61. The van der Waals surface area contributed by atoms with E-state index >= 15 is 0 Å². The molecule has 1 amide bonds. The minimum Gasteiger partial charge on any atom is -0.370 e. The van der Waals surface area contributed by atoms with Gasteiger partial charge in [0.05, 0.1) is 10.7 Å². The molecule has 1 rings (SSSR count). The van der Waals surface area contributed by atoms with Crippen molar-refractivity contribution in [2.24, 2.45) is 5.73 Å². The van der Waals surface area contributed by atoms with Gasteiger partial charge in [0.2, 0.25) is 5.91 Å². The van der Waals surface area contributed by atoms with Gasteiger partial charge in [-0.1, -0.05) is 13.8 Å². The third kappa shape index (κ3) is 4.40. The van der Waals surface area contributed by atoms with E-state index < -0.39 is 0 Å². The summed E-state index contributed by atoms with van der Waals surface area (Å²) in [7, 11) is 0. The number of nitrogens with zero attached hydrogens (tertiary/aromatic N) is 1. The normalized spacial score (nSPS) is 10.9. The fourth-order valence-corrected chi connectivity index (χ4v) is 1.93. The van der Waals surface area contributed by atoms with E-state index in [0.29, 0.717) is 25.4 Å². The van der Waals surface area contributed by atoms with E-state index in [-0.39, 0.29) is 5.91 Å². The Labute approximate surface area is 93.9 Å². The zero-order valence-electron chi connectivity index (χ0n) is 9.12. The summed E-state index contributed by atoms with van der Waals surface area (Å²) < 4.78 is 0. The molecule has 4 nitrogen and oxygen atoms in total. The van der Waals surface area contributed by atoms with Gasteiger partial charge >= 0.3 is 0 Å². The van der Waals surface area contributed by atoms with Crippen molar-refractivity contribution in [1.29, 1.82) is 0 Å². The van der Waals surface area contributed by atoms with Crippen LogP contribution in [0, 0.1) is 0 Å². The Kier molecular flexibility index (Phi) is 4.71. The minimum absolute atomic E-state index is 0.274. The molecule has 0 spiro atoms. The molecule has 0 aromatic carbocycles. The molecule has 1 aromatic heterocycles. The molecule has 0 unspecified atom stereocenters. The number of hydrogen-bond acceptors (Lipinski definition) is 4. The van der Waals surface area contributed by atoms with Gasteiger partial charge in [0, 0.05) is 30.8 Å². The molecule has 0 radical (unpaired) electrons. The molecule has 3 N–H and O–H groups in total. The number of amides is 1. The molecule has 0 atom stereocenters. The molecule has 0 saturated heterocycles. The number of aromatic nitrogens is 1. The van der Waals surface area contributed by atoms with Gasteiger partial charge in [0.15, 0.2) is 0 Å². The summed E-state index contributed by atoms with van der Waals surface area (Å²) in [6.45, 7) is 5.58. The first-order valence-electron chi connectivity index (χ1n) is 5.03. The summed E-state index contributed by atoms with van der Waals surface area (Å²) >= 11 is 1.68. The van der Waals surface area contributed by atoms with E-state index in [0.717, 1.165) is 10.7 Å². The molecule has 0 aliphatic carbocycles. The molecular formula is C10H17N3OS. The summed E-state index contributed by atoms with van der Waals surface area (Å²) in [5.74, 6) is 0.206. The van der Waals surface area contributed by atoms with Gasteiger partial charge in [-0.15, -0.1) is 11.3 Å². The highest BCUT2D eigenvalue weighted by molar-refractivity contribution is 7.09. The predicted molar refractivity (Wildman–Crippen MR) is 61.7 cm³/mol.